The maximum absolute atomic E-state index is 14.4. The second-order valence-electron chi connectivity index (χ2n) is 15.2. The van der Waals surface area contributed by atoms with Gasteiger partial charge >= 0.3 is 5.97 Å². The lowest BCUT2D eigenvalue weighted by Gasteiger charge is -2.39. The maximum Gasteiger partial charge on any atom is 0.339 e. The summed E-state index contributed by atoms with van der Waals surface area (Å²) in [7, 11) is 1.55. The van der Waals surface area contributed by atoms with Crippen molar-refractivity contribution in [1.29, 1.82) is 0 Å². The van der Waals surface area contributed by atoms with Gasteiger partial charge in [0.25, 0.3) is 0 Å². The molecule has 3 aromatic rings. The molecule has 0 aromatic heterocycles. The molecule has 2 saturated heterocycles. The zero-order valence-electron chi connectivity index (χ0n) is 32.5. The van der Waals surface area contributed by atoms with Crippen molar-refractivity contribution in [2.45, 2.75) is 86.5 Å². The number of benzene rings is 3. The first-order valence-corrected chi connectivity index (χ1v) is 19.7. The van der Waals surface area contributed by atoms with E-state index < -0.39 is 85.2 Å². The number of likely N-dealkylation sites (N-methyl/N-ethyl adjacent to an activating group) is 1. The van der Waals surface area contributed by atoms with Gasteiger partial charge in [-0.05, 0) is 34.4 Å². The number of fused-ring (bicyclic) bond motifs is 2. The Labute approximate surface area is 341 Å². The second-order valence-corrected chi connectivity index (χ2v) is 15.2. The molecule has 3 aromatic carbocycles. The fourth-order valence-corrected chi connectivity index (χ4v) is 8.12. The number of amides is 2. The Morgan fingerprint density at radius 3 is 2.32 bits per heavy atom. The molecule has 2 aliphatic heterocycles. The molecular weight excluding hydrogens is 764 g/mol. The molecule has 6 N–H and O–H groups in total. The number of nitrogens with zero attached hydrogens (tertiary/aromatic N) is 1. The summed E-state index contributed by atoms with van der Waals surface area (Å²) in [6.07, 6.45) is -3.56. The summed E-state index contributed by atoms with van der Waals surface area (Å²) in [4.78, 5) is 43.3. The number of rotatable bonds is 14. The molecule has 1 spiro atoms. The zero-order valence-corrected chi connectivity index (χ0v) is 32.5. The number of ether oxygens (including phenoxy) is 5. The SMILES string of the molecule is CN(C(=O)C1=C[C@H]2OC3(Cc4ccccc4C3)O[C@H]2[C@H](OC(=O)c2ccccc2C=CCO[C@H]2O[C@H](CO)[C@H](O)[C@H](O)[C@H]2O)C1)[C@H](Cc1ccccc1)C(=O)NCCO. The Kier molecular flexibility index (Phi) is 13.4. The van der Waals surface area contributed by atoms with Gasteiger partial charge in [0.1, 0.15) is 48.8 Å². The number of hydrogen-bond acceptors (Lipinski definition) is 13. The van der Waals surface area contributed by atoms with Gasteiger partial charge in [-0.2, -0.15) is 0 Å². The van der Waals surface area contributed by atoms with E-state index in [1.54, 1.807) is 49.5 Å². The molecule has 15 nitrogen and oxygen atoms in total. The minimum atomic E-state index is -1.59. The lowest BCUT2D eigenvalue weighted by atomic mass is 9.90. The predicted octanol–water partition coefficient (Wildman–Crippen LogP) is 0.829. The smallest absolute Gasteiger partial charge is 0.339 e. The maximum atomic E-state index is 14.4. The second kappa shape index (κ2) is 18.6. The standard InChI is InChI=1S/C44H50N2O13/c1-46(32(40(52)45-17-18-47)20-26-10-3-2-4-11-26)41(53)30-21-33(39-34(22-30)58-44(59-39)23-28-13-5-6-14-29(28)24-44)56-42(54)31-16-8-7-12-27(31)15-9-19-55-43-38(51)37(50)36(49)35(25-48)57-43/h2-16,22,32-39,43,47-51H,17-21,23-25H2,1H3,(H,45,52)/t32-,33-,34-,35-,36+,37+,38-,39+,43+/m1/s1. The van der Waals surface area contributed by atoms with Crippen molar-refractivity contribution < 1.29 is 63.6 Å². The molecule has 0 bridgehead atoms. The summed E-state index contributed by atoms with van der Waals surface area (Å²) in [6, 6.07) is 23.0. The molecule has 2 amide bonds. The molecular formula is C44H50N2O13. The lowest BCUT2D eigenvalue weighted by Crippen LogP contribution is -2.59. The van der Waals surface area contributed by atoms with Crippen LogP contribution in [0.3, 0.4) is 0 Å². The molecule has 2 aliphatic carbocycles. The van der Waals surface area contributed by atoms with Crippen molar-refractivity contribution in [3.63, 3.8) is 0 Å². The normalized spacial score (nSPS) is 27.5. The number of carbonyl (C=O) groups excluding carboxylic acids is 3. The highest BCUT2D eigenvalue weighted by Crippen LogP contribution is 2.45. The summed E-state index contributed by atoms with van der Waals surface area (Å²) in [5.41, 5.74) is 3.96. The van der Waals surface area contributed by atoms with E-state index in [9.17, 15) is 39.9 Å². The van der Waals surface area contributed by atoms with E-state index in [0.29, 0.717) is 18.4 Å². The minimum Gasteiger partial charge on any atom is -0.456 e. The number of hydrogen-bond donors (Lipinski definition) is 6. The van der Waals surface area contributed by atoms with E-state index in [4.69, 9.17) is 23.7 Å². The third-order valence-electron chi connectivity index (χ3n) is 11.2. The van der Waals surface area contributed by atoms with Gasteiger partial charge in [0.2, 0.25) is 11.8 Å². The van der Waals surface area contributed by atoms with Crippen LogP contribution in [0.25, 0.3) is 6.08 Å². The summed E-state index contributed by atoms with van der Waals surface area (Å²) in [5.74, 6) is -2.60. The van der Waals surface area contributed by atoms with Crippen molar-refractivity contribution in [3.8, 4) is 0 Å². The average Bonchev–Trinajstić information content (AvgIpc) is 3.81. The summed E-state index contributed by atoms with van der Waals surface area (Å²) >= 11 is 0. The van der Waals surface area contributed by atoms with E-state index in [1.165, 1.54) is 4.90 Å². The van der Waals surface area contributed by atoms with Gasteiger partial charge in [-0.15, -0.1) is 0 Å². The quantitative estimate of drug-likeness (QED) is 0.125. The van der Waals surface area contributed by atoms with Crippen LogP contribution >= 0.6 is 0 Å². The van der Waals surface area contributed by atoms with Gasteiger partial charge in [0.15, 0.2) is 12.1 Å². The van der Waals surface area contributed by atoms with Gasteiger partial charge in [-0.1, -0.05) is 84.9 Å². The highest BCUT2D eigenvalue weighted by atomic mass is 16.8. The van der Waals surface area contributed by atoms with E-state index in [2.05, 4.69) is 5.32 Å². The third kappa shape index (κ3) is 9.34. The van der Waals surface area contributed by atoms with Gasteiger partial charge in [0.05, 0.1) is 25.4 Å². The molecule has 2 fully saturated rings. The van der Waals surface area contributed by atoms with Crippen LogP contribution in [0.4, 0.5) is 0 Å². The fourth-order valence-electron chi connectivity index (χ4n) is 8.12. The molecule has 314 valence electrons. The summed E-state index contributed by atoms with van der Waals surface area (Å²) < 4.78 is 30.5. The van der Waals surface area contributed by atoms with Crippen LogP contribution in [0.2, 0.25) is 0 Å². The average molecular weight is 815 g/mol. The van der Waals surface area contributed by atoms with Crippen molar-refractivity contribution in [1.82, 2.24) is 10.2 Å². The Bertz CT molecular complexity index is 2000. The van der Waals surface area contributed by atoms with Crippen molar-refractivity contribution in [3.05, 3.63) is 124 Å². The van der Waals surface area contributed by atoms with E-state index in [-0.39, 0.29) is 43.7 Å². The van der Waals surface area contributed by atoms with Crippen molar-refractivity contribution in [2.75, 3.05) is 33.4 Å². The monoisotopic (exact) mass is 814 g/mol. The van der Waals surface area contributed by atoms with Crippen molar-refractivity contribution in [2.24, 2.45) is 0 Å². The number of esters is 1. The molecule has 0 radical (unpaired) electrons. The number of carbonyl (C=O) groups is 3. The molecule has 15 heteroatoms. The Balaban J connectivity index is 1.10. The molecule has 2 heterocycles. The molecule has 0 saturated carbocycles. The molecule has 0 unspecified atom stereocenters. The molecule has 7 rings (SSSR count). The minimum absolute atomic E-state index is 0.0220. The predicted molar refractivity (Wildman–Crippen MR) is 210 cm³/mol. The van der Waals surface area contributed by atoms with Gasteiger partial charge in [0, 0.05) is 44.8 Å². The van der Waals surface area contributed by atoms with Gasteiger partial charge in [-0.25, -0.2) is 4.79 Å². The molecule has 9 atom stereocenters. The Hall–Kier alpha value is -4.81. The Morgan fingerprint density at radius 1 is 0.915 bits per heavy atom. The highest BCUT2D eigenvalue weighted by Gasteiger charge is 2.55. The largest absolute Gasteiger partial charge is 0.456 e. The topological polar surface area (TPSA) is 214 Å². The summed E-state index contributed by atoms with van der Waals surface area (Å²) in [6.45, 7) is -0.958. The van der Waals surface area contributed by atoms with Crippen LogP contribution in [0, 0.1) is 0 Å². The first kappa shape index (κ1) is 42.3. The highest BCUT2D eigenvalue weighted by molar-refractivity contribution is 5.98. The first-order chi connectivity index (χ1) is 28.5. The summed E-state index contributed by atoms with van der Waals surface area (Å²) in [5, 5.41) is 52.0. The van der Waals surface area contributed by atoms with E-state index in [0.717, 1.165) is 16.7 Å². The Morgan fingerprint density at radius 2 is 1.61 bits per heavy atom. The van der Waals surface area contributed by atoms with Gasteiger partial charge < -0.3 is 59.4 Å². The lowest BCUT2D eigenvalue weighted by molar-refractivity contribution is -0.298. The van der Waals surface area contributed by atoms with Crippen LogP contribution < -0.4 is 5.32 Å². The van der Waals surface area contributed by atoms with Crippen molar-refractivity contribution >= 4 is 23.9 Å². The van der Waals surface area contributed by atoms with Crippen LogP contribution in [0.15, 0.2) is 96.6 Å². The number of nitrogens with one attached hydrogen (secondary N) is 1. The van der Waals surface area contributed by atoms with Crippen LogP contribution in [0.5, 0.6) is 0 Å². The van der Waals surface area contributed by atoms with Crippen LogP contribution in [-0.4, -0.2) is 142 Å². The fraction of sp³-hybridized carbons (Fsp3) is 0.432. The van der Waals surface area contributed by atoms with E-state index >= 15 is 0 Å². The third-order valence-corrected chi connectivity index (χ3v) is 11.2. The van der Waals surface area contributed by atoms with E-state index in [1.807, 2.05) is 54.6 Å². The number of aliphatic hydroxyl groups excluding tert-OH is 5. The molecule has 59 heavy (non-hydrogen) atoms. The van der Waals surface area contributed by atoms with Crippen LogP contribution in [-0.2, 0) is 52.5 Å². The molecule has 4 aliphatic rings. The zero-order chi connectivity index (χ0) is 41.7. The number of aliphatic hydroxyl groups is 5. The van der Waals surface area contributed by atoms with Gasteiger partial charge in [-0.3, -0.25) is 9.59 Å². The van der Waals surface area contributed by atoms with Crippen LogP contribution in [0.1, 0.15) is 39.0 Å². The first-order valence-electron chi connectivity index (χ1n) is 19.7.